The van der Waals surface area contributed by atoms with Gasteiger partial charge < -0.3 is 15.1 Å². The molecule has 1 N–H and O–H groups in total. The van der Waals surface area contributed by atoms with Gasteiger partial charge in [-0.25, -0.2) is 0 Å². The molecule has 2 unspecified atom stereocenters. The van der Waals surface area contributed by atoms with Crippen molar-refractivity contribution in [2.45, 2.75) is 64.1 Å². The quantitative estimate of drug-likeness (QED) is 0.826. The molecule has 0 amide bonds. The molecule has 18 heavy (non-hydrogen) atoms. The van der Waals surface area contributed by atoms with E-state index in [9.17, 15) is 0 Å². The minimum atomic E-state index is 0.747. The lowest BCUT2D eigenvalue weighted by Gasteiger charge is -2.39. The fraction of sp³-hybridized carbons (Fsp3) is 1.00. The van der Waals surface area contributed by atoms with Crippen molar-refractivity contribution in [3.63, 3.8) is 0 Å². The molecule has 0 radical (unpaired) electrons. The molecule has 0 aliphatic carbocycles. The summed E-state index contributed by atoms with van der Waals surface area (Å²) in [5, 5.41) is 3.92. The van der Waals surface area contributed by atoms with Crippen LogP contribution in [0.15, 0.2) is 0 Å². The highest BCUT2D eigenvalue weighted by atomic mass is 15.2. The fourth-order valence-electron chi connectivity index (χ4n) is 3.41. The topological polar surface area (TPSA) is 18.5 Å². The molecule has 2 saturated heterocycles. The van der Waals surface area contributed by atoms with E-state index in [-0.39, 0.29) is 0 Å². The van der Waals surface area contributed by atoms with Gasteiger partial charge in [0, 0.05) is 18.1 Å². The van der Waals surface area contributed by atoms with E-state index >= 15 is 0 Å². The van der Waals surface area contributed by atoms with Crippen LogP contribution in [-0.4, -0.2) is 61.2 Å². The first-order chi connectivity index (χ1) is 8.69. The summed E-state index contributed by atoms with van der Waals surface area (Å²) >= 11 is 0. The molecule has 2 heterocycles. The van der Waals surface area contributed by atoms with Crippen LogP contribution in [0.4, 0.5) is 0 Å². The largest absolute Gasteiger partial charge is 0.311 e. The lowest BCUT2D eigenvalue weighted by atomic mass is 9.96. The first-order valence-corrected chi connectivity index (χ1v) is 7.87. The van der Waals surface area contributed by atoms with E-state index in [4.69, 9.17) is 0 Å². The molecule has 106 valence electrons. The number of nitrogens with one attached hydrogen (secondary N) is 1. The van der Waals surface area contributed by atoms with Gasteiger partial charge in [-0.2, -0.15) is 0 Å². The highest BCUT2D eigenvalue weighted by Crippen LogP contribution is 2.18. The van der Waals surface area contributed by atoms with E-state index in [1.54, 1.807) is 0 Å². The highest BCUT2D eigenvalue weighted by molar-refractivity contribution is 4.86. The second-order valence-electron chi connectivity index (χ2n) is 6.33. The Bertz CT molecular complexity index is 236. The molecule has 0 spiro atoms. The zero-order valence-corrected chi connectivity index (χ0v) is 12.5. The second-order valence-corrected chi connectivity index (χ2v) is 6.33. The number of piperidine rings is 2. The average molecular weight is 253 g/mol. The molecule has 2 fully saturated rings. The van der Waals surface area contributed by atoms with Crippen molar-refractivity contribution in [3.8, 4) is 0 Å². The van der Waals surface area contributed by atoms with Crippen molar-refractivity contribution in [2.24, 2.45) is 0 Å². The lowest BCUT2D eigenvalue weighted by Crippen LogP contribution is -2.51. The van der Waals surface area contributed by atoms with Crippen molar-refractivity contribution in [2.75, 3.05) is 33.2 Å². The molecule has 2 rings (SSSR count). The van der Waals surface area contributed by atoms with E-state index in [1.807, 2.05) is 0 Å². The van der Waals surface area contributed by atoms with Crippen LogP contribution in [-0.2, 0) is 0 Å². The van der Waals surface area contributed by atoms with E-state index in [0.29, 0.717) is 0 Å². The van der Waals surface area contributed by atoms with Crippen LogP contribution in [0.3, 0.4) is 0 Å². The summed E-state index contributed by atoms with van der Waals surface area (Å²) in [5.41, 5.74) is 0. The summed E-state index contributed by atoms with van der Waals surface area (Å²) in [7, 11) is 2.25. The molecule has 3 nitrogen and oxygen atoms in total. The minimum Gasteiger partial charge on any atom is -0.311 e. The Morgan fingerprint density at radius 1 is 1.06 bits per heavy atom. The molecule has 0 bridgehead atoms. The molecule has 0 aromatic heterocycles. The van der Waals surface area contributed by atoms with Crippen LogP contribution < -0.4 is 5.32 Å². The van der Waals surface area contributed by atoms with Crippen LogP contribution >= 0.6 is 0 Å². The van der Waals surface area contributed by atoms with Gasteiger partial charge in [0.15, 0.2) is 0 Å². The van der Waals surface area contributed by atoms with E-state index < -0.39 is 0 Å². The third-order valence-electron chi connectivity index (χ3n) is 4.81. The van der Waals surface area contributed by atoms with Gasteiger partial charge in [-0.15, -0.1) is 0 Å². The Morgan fingerprint density at radius 2 is 1.72 bits per heavy atom. The van der Waals surface area contributed by atoms with Crippen LogP contribution in [0.2, 0.25) is 0 Å². The SMILES string of the molecule is CCCN1CCC(NC2CCN(C)C(C)C2)CC1. The maximum atomic E-state index is 3.92. The number of hydrogen-bond acceptors (Lipinski definition) is 3. The summed E-state index contributed by atoms with van der Waals surface area (Å²) in [6, 6.07) is 2.29. The van der Waals surface area contributed by atoms with E-state index in [0.717, 1.165) is 18.1 Å². The van der Waals surface area contributed by atoms with Gasteiger partial charge in [0.25, 0.3) is 0 Å². The zero-order chi connectivity index (χ0) is 13.0. The molecular weight excluding hydrogens is 222 g/mol. The van der Waals surface area contributed by atoms with Crippen LogP contribution in [0.25, 0.3) is 0 Å². The van der Waals surface area contributed by atoms with Crippen molar-refractivity contribution >= 4 is 0 Å². The van der Waals surface area contributed by atoms with Crippen molar-refractivity contribution in [1.82, 2.24) is 15.1 Å². The van der Waals surface area contributed by atoms with Gasteiger partial charge in [0.05, 0.1) is 0 Å². The molecule has 0 aromatic carbocycles. The summed E-state index contributed by atoms with van der Waals surface area (Å²) in [4.78, 5) is 5.11. The van der Waals surface area contributed by atoms with Crippen LogP contribution in [0.1, 0.15) is 46.0 Å². The third-order valence-corrected chi connectivity index (χ3v) is 4.81. The predicted molar refractivity (Wildman–Crippen MR) is 78.0 cm³/mol. The zero-order valence-electron chi connectivity index (χ0n) is 12.5. The number of rotatable bonds is 4. The molecule has 2 aliphatic heterocycles. The van der Waals surface area contributed by atoms with Gasteiger partial charge in [0.1, 0.15) is 0 Å². The minimum absolute atomic E-state index is 0.747. The van der Waals surface area contributed by atoms with Crippen molar-refractivity contribution < 1.29 is 0 Å². The second kappa shape index (κ2) is 6.88. The fourth-order valence-corrected chi connectivity index (χ4v) is 3.41. The summed E-state index contributed by atoms with van der Waals surface area (Å²) in [6.07, 6.45) is 6.65. The van der Waals surface area contributed by atoms with Crippen LogP contribution in [0, 0.1) is 0 Å². The van der Waals surface area contributed by atoms with Gasteiger partial charge in [0.2, 0.25) is 0 Å². The van der Waals surface area contributed by atoms with Crippen molar-refractivity contribution in [1.29, 1.82) is 0 Å². The molecular formula is C15H31N3. The number of nitrogens with zero attached hydrogens (tertiary/aromatic N) is 2. The van der Waals surface area contributed by atoms with Crippen molar-refractivity contribution in [3.05, 3.63) is 0 Å². The predicted octanol–water partition coefficient (Wildman–Crippen LogP) is 1.93. The summed E-state index contributed by atoms with van der Waals surface area (Å²) in [5.74, 6) is 0. The molecule has 2 aliphatic rings. The summed E-state index contributed by atoms with van der Waals surface area (Å²) in [6.45, 7) is 9.79. The standard InChI is InChI=1S/C15H31N3/c1-4-8-18-10-6-14(7-11-18)16-15-5-9-17(3)13(2)12-15/h13-16H,4-12H2,1-3H3. The number of likely N-dealkylation sites (tertiary alicyclic amines) is 2. The Morgan fingerprint density at radius 3 is 2.33 bits per heavy atom. The Labute approximate surface area is 113 Å². The molecule has 2 atom stereocenters. The first-order valence-electron chi connectivity index (χ1n) is 7.87. The van der Waals surface area contributed by atoms with E-state index in [2.05, 4.69) is 36.0 Å². The van der Waals surface area contributed by atoms with Gasteiger partial charge >= 0.3 is 0 Å². The molecule has 0 aromatic rings. The van der Waals surface area contributed by atoms with Gasteiger partial charge in [-0.05, 0) is 72.3 Å². The smallest absolute Gasteiger partial charge is 0.00966 e. The summed E-state index contributed by atoms with van der Waals surface area (Å²) < 4.78 is 0. The lowest BCUT2D eigenvalue weighted by molar-refractivity contribution is 0.142. The maximum absolute atomic E-state index is 3.92. The first kappa shape index (κ1) is 14.3. The van der Waals surface area contributed by atoms with E-state index in [1.165, 1.54) is 58.3 Å². The number of hydrogen-bond donors (Lipinski definition) is 1. The van der Waals surface area contributed by atoms with Gasteiger partial charge in [-0.3, -0.25) is 0 Å². The average Bonchev–Trinajstić information content (AvgIpc) is 2.37. The molecule has 3 heteroatoms. The Kier molecular flexibility index (Phi) is 5.46. The van der Waals surface area contributed by atoms with Crippen LogP contribution in [0.5, 0.6) is 0 Å². The monoisotopic (exact) mass is 253 g/mol. The normalized spacial score (nSPS) is 32.8. The third kappa shape index (κ3) is 3.94. The van der Waals surface area contributed by atoms with Gasteiger partial charge in [-0.1, -0.05) is 6.92 Å². The Hall–Kier alpha value is -0.120. The maximum Gasteiger partial charge on any atom is 0.00966 e. The Balaban J connectivity index is 1.68. The highest BCUT2D eigenvalue weighted by Gasteiger charge is 2.26. The molecule has 0 saturated carbocycles.